The van der Waals surface area contributed by atoms with Crippen molar-refractivity contribution in [1.82, 2.24) is 4.90 Å². The third kappa shape index (κ3) is 2.32. The largest absolute Gasteiger partial charge is 0.389 e. The zero-order valence-corrected chi connectivity index (χ0v) is 8.08. The Morgan fingerprint density at radius 3 is 2.83 bits per heavy atom. The number of nitrogens with zero attached hydrogens (tertiary/aromatic N) is 1. The number of piperidine rings is 1. The molecular weight excluding hydrogens is 150 g/mol. The van der Waals surface area contributed by atoms with Crippen LogP contribution in [0, 0.1) is 0 Å². The first-order chi connectivity index (χ1) is 5.55. The van der Waals surface area contributed by atoms with E-state index in [2.05, 4.69) is 18.4 Å². The van der Waals surface area contributed by atoms with Crippen LogP contribution in [0.3, 0.4) is 0 Å². The Kier molecular flexibility index (Phi) is 2.91. The summed E-state index contributed by atoms with van der Waals surface area (Å²) in [5.41, 5.74) is -0.491. The molecule has 1 N–H and O–H groups in total. The fourth-order valence-corrected chi connectivity index (χ4v) is 1.76. The number of rotatable bonds is 2. The topological polar surface area (TPSA) is 23.5 Å². The van der Waals surface area contributed by atoms with E-state index in [0.717, 1.165) is 25.9 Å². The number of hydrogen-bond acceptors (Lipinski definition) is 2. The third-order valence-corrected chi connectivity index (χ3v) is 2.62. The van der Waals surface area contributed by atoms with E-state index in [4.69, 9.17) is 0 Å². The van der Waals surface area contributed by atoms with Crippen LogP contribution in [0.5, 0.6) is 0 Å². The zero-order valence-electron chi connectivity index (χ0n) is 8.08. The Hall–Kier alpha value is -0.340. The minimum atomic E-state index is -0.491. The van der Waals surface area contributed by atoms with E-state index >= 15 is 0 Å². The second-order valence-corrected chi connectivity index (χ2v) is 4.05. The maximum absolute atomic E-state index is 9.81. The van der Waals surface area contributed by atoms with E-state index in [9.17, 15) is 5.11 Å². The predicted molar refractivity (Wildman–Crippen MR) is 51.1 cm³/mol. The van der Waals surface area contributed by atoms with Crippen LogP contribution in [0.1, 0.15) is 26.7 Å². The van der Waals surface area contributed by atoms with Crippen LogP contribution in [0.25, 0.3) is 0 Å². The van der Waals surface area contributed by atoms with Gasteiger partial charge in [-0.15, -0.1) is 6.58 Å². The Balaban J connectivity index is 2.51. The average Bonchev–Trinajstić information content (AvgIpc) is 2.01. The Morgan fingerprint density at radius 2 is 2.33 bits per heavy atom. The summed E-state index contributed by atoms with van der Waals surface area (Å²) in [4.78, 5) is 2.27. The molecule has 0 saturated carbocycles. The van der Waals surface area contributed by atoms with Gasteiger partial charge in [-0.3, -0.25) is 4.90 Å². The summed E-state index contributed by atoms with van der Waals surface area (Å²) >= 11 is 0. The second-order valence-electron chi connectivity index (χ2n) is 4.05. The lowest BCUT2D eigenvalue weighted by Gasteiger charge is -2.39. The van der Waals surface area contributed by atoms with Crippen molar-refractivity contribution in [3.05, 3.63) is 12.7 Å². The Labute approximate surface area is 74.9 Å². The molecule has 0 bridgehead atoms. The van der Waals surface area contributed by atoms with E-state index in [1.54, 1.807) is 0 Å². The van der Waals surface area contributed by atoms with E-state index < -0.39 is 5.60 Å². The van der Waals surface area contributed by atoms with Crippen molar-refractivity contribution < 1.29 is 5.11 Å². The fourth-order valence-electron chi connectivity index (χ4n) is 1.76. The van der Waals surface area contributed by atoms with Gasteiger partial charge in [0.15, 0.2) is 0 Å². The van der Waals surface area contributed by atoms with Crippen molar-refractivity contribution in [3.8, 4) is 0 Å². The smallest absolute Gasteiger partial charge is 0.0746 e. The van der Waals surface area contributed by atoms with E-state index in [0.29, 0.717) is 6.04 Å². The van der Waals surface area contributed by atoms with Crippen LogP contribution in [0.4, 0.5) is 0 Å². The molecule has 1 aliphatic heterocycles. The molecule has 0 radical (unpaired) electrons. The standard InChI is InChI=1S/C10H19NO/c1-4-9(2)11-7-5-6-10(3,12)8-11/h4,9,12H,1,5-8H2,2-3H3. The maximum Gasteiger partial charge on any atom is 0.0746 e. The fraction of sp³-hybridized carbons (Fsp3) is 0.800. The summed E-state index contributed by atoms with van der Waals surface area (Å²) in [6.07, 6.45) is 3.94. The third-order valence-electron chi connectivity index (χ3n) is 2.62. The SMILES string of the molecule is C=CC(C)N1CCCC(C)(O)C1. The highest BCUT2D eigenvalue weighted by Crippen LogP contribution is 2.21. The van der Waals surface area contributed by atoms with Gasteiger partial charge >= 0.3 is 0 Å². The van der Waals surface area contributed by atoms with Gasteiger partial charge in [-0.25, -0.2) is 0 Å². The molecule has 1 aliphatic rings. The van der Waals surface area contributed by atoms with Gasteiger partial charge in [0.05, 0.1) is 5.60 Å². The molecule has 1 heterocycles. The van der Waals surface area contributed by atoms with Gasteiger partial charge in [0, 0.05) is 12.6 Å². The van der Waals surface area contributed by atoms with Crippen molar-refractivity contribution >= 4 is 0 Å². The first kappa shape index (κ1) is 9.75. The summed E-state index contributed by atoms with van der Waals surface area (Å²) in [7, 11) is 0. The lowest BCUT2D eigenvalue weighted by Crippen LogP contribution is -2.48. The van der Waals surface area contributed by atoms with Crippen molar-refractivity contribution in [2.75, 3.05) is 13.1 Å². The van der Waals surface area contributed by atoms with Crippen LogP contribution in [-0.2, 0) is 0 Å². The van der Waals surface area contributed by atoms with E-state index in [1.807, 2.05) is 13.0 Å². The molecule has 1 saturated heterocycles. The molecule has 2 unspecified atom stereocenters. The monoisotopic (exact) mass is 169 g/mol. The van der Waals surface area contributed by atoms with Crippen molar-refractivity contribution in [3.63, 3.8) is 0 Å². The van der Waals surface area contributed by atoms with Gasteiger partial charge in [-0.1, -0.05) is 6.08 Å². The maximum atomic E-state index is 9.81. The van der Waals surface area contributed by atoms with Crippen molar-refractivity contribution in [1.29, 1.82) is 0 Å². The molecule has 0 spiro atoms. The highest BCUT2D eigenvalue weighted by molar-refractivity contribution is 4.91. The number of hydrogen-bond donors (Lipinski definition) is 1. The molecule has 0 aromatic heterocycles. The molecular formula is C10H19NO. The molecule has 0 aliphatic carbocycles. The van der Waals surface area contributed by atoms with E-state index in [1.165, 1.54) is 0 Å². The van der Waals surface area contributed by atoms with Gasteiger partial charge in [0.2, 0.25) is 0 Å². The van der Waals surface area contributed by atoms with Crippen LogP contribution >= 0.6 is 0 Å². The summed E-state index contributed by atoms with van der Waals surface area (Å²) in [6, 6.07) is 0.386. The molecule has 12 heavy (non-hydrogen) atoms. The summed E-state index contributed by atoms with van der Waals surface area (Å²) < 4.78 is 0. The first-order valence-electron chi connectivity index (χ1n) is 4.64. The average molecular weight is 169 g/mol. The van der Waals surface area contributed by atoms with Gasteiger partial charge in [-0.2, -0.15) is 0 Å². The summed E-state index contributed by atoms with van der Waals surface area (Å²) in [6.45, 7) is 9.66. The number of likely N-dealkylation sites (tertiary alicyclic amines) is 1. The quantitative estimate of drug-likeness (QED) is 0.632. The van der Waals surface area contributed by atoms with Gasteiger partial charge in [0.1, 0.15) is 0 Å². The number of β-amino-alcohol motifs (C(OH)–C–C–N with tert-alkyl or cyclic N) is 1. The lowest BCUT2D eigenvalue weighted by molar-refractivity contribution is -0.0218. The molecule has 2 atom stereocenters. The molecule has 0 aromatic carbocycles. The minimum Gasteiger partial charge on any atom is -0.389 e. The molecule has 70 valence electrons. The molecule has 2 nitrogen and oxygen atoms in total. The normalized spacial score (nSPS) is 34.6. The van der Waals surface area contributed by atoms with Crippen molar-refractivity contribution in [2.24, 2.45) is 0 Å². The lowest BCUT2D eigenvalue weighted by atomic mass is 9.94. The molecule has 2 heteroatoms. The summed E-state index contributed by atoms with van der Waals surface area (Å²) in [5.74, 6) is 0. The summed E-state index contributed by atoms with van der Waals surface area (Å²) in [5, 5.41) is 9.81. The predicted octanol–water partition coefficient (Wildman–Crippen LogP) is 1.41. The van der Waals surface area contributed by atoms with Crippen LogP contribution in [0.15, 0.2) is 12.7 Å². The molecule has 0 amide bonds. The highest BCUT2D eigenvalue weighted by atomic mass is 16.3. The number of aliphatic hydroxyl groups is 1. The Bertz CT molecular complexity index is 165. The zero-order chi connectivity index (χ0) is 9.19. The van der Waals surface area contributed by atoms with Gasteiger partial charge < -0.3 is 5.11 Å². The van der Waals surface area contributed by atoms with E-state index in [-0.39, 0.29) is 0 Å². The minimum absolute atomic E-state index is 0.386. The molecule has 1 fully saturated rings. The van der Waals surface area contributed by atoms with Gasteiger partial charge in [0.25, 0.3) is 0 Å². The van der Waals surface area contributed by atoms with Crippen LogP contribution in [-0.4, -0.2) is 34.7 Å². The Morgan fingerprint density at radius 1 is 1.67 bits per heavy atom. The van der Waals surface area contributed by atoms with Crippen LogP contribution in [0.2, 0.25) is 0 Å². The van der Waals surface area contributed by atoms with Crippen LogP contribution < -0.4 is 0 Å². The second kappa shape index (κ2) is 3.58. The highest BCUT2D eigenvalue weighted by Gasteiger charge is 2.29. The molecule has 0 aromatic rings. The molecule has 1 rings (SSSR count). The van der Waals surface area contributed by atoms with Crippen molar-refractivity contribution in [2.45, 2.75) is 38.3 Å². The van der Waals surface area contributed by atoms with Gasteiger partial charge in [-0.05, 0) is 33.2 Å². The first-order valence-corrected chi connectivity index (χ1v) is 4.64.